The van der Waals surface area contributed by atoms with Gasteiger partial charge in [0.25, 0.3) is 0 Å². The number of nitrogens with two attached hydrogens (primary N) is 1. The number of nitrogens with zero attached hydrogens (tertiary/aromatic N) is 3. The number of aromatic nitrogens is 1. The van der Waals surface area contributed by atoms with Gasteiger partial charge in [-0.05, 0) is 37.2 Å². The van der Waals surface area contributed by atoms with Gasteiger partial charge in [-0.25, -0.2) is 0 Å². The van der Waals surface area contributed by atoms with Crippen LogP contribution in [0.4, 0.5) is 11.5 Å². The van der Waals surface area contributed by atoms with E-state index in [1.54, 1.807) is 0 Å². The lowest BCUT2D eigenvalue weighted by molar-refractivity contribution is 0.0970. The Labute approximate surface area is 132 Å². The minimum atomic E-state index is 0.206. The third-order valence-corrected chi connectivity index (χ3v) is 4.79. The summed E-state index contributed by atoms with van der Waals surface area (Å²) < 4.78 is 7.84. The van der Waals surface area contributed by atoms with E-state index in [1.165, 1.54) is 6.42 Å². The number of rotatable bonds is 3. The molecule has 0 aliphatic carbocycles. The van der Waals surface area contributed by atoms with Crippen molar-refractivity contribution in [3.63, 3.8) is 0 Å². The molecule has 0 unspecified atom stereocenters. The van der Waals surface area contributed by atoms with Gasteiger partial charge in [0.05, 0.1) is 18.3 Å². The lowest BCUT2D eigenvalue weighted by Crippen LogP contribution is -2.40. The van der Waals surface area contributed by atoms with Crippen molar-refractivity contribution in [2.75, 3.05) is 30.3 Å². The van der Waals surface area contributed by atoms with E-state index in [-0.39, 0.29) is 6.10 Å². The average Bonchev–Trinajstić information content (AvgIpc) is 3.06. The highest BCUT2D eigenvalue weighted by molar-refractivity contribution is 5.68. The fourth-order valence-electron chi connectivity index (χ4n) is 4.02. The Morgan fingerprint density at radius 3 is 2.68 bits per heavy atom. The number of ether oxygens (including phenoxy) is 1. The molecular weight excluding hydrogens is 276 g/mol. The second-order valence-corrected chi connectivity index (χ2v) is 7.02. The van der Waals surface area contributed by atoms with Crippen molar-refractivity contribution >= 4 is 11.5 Å². The van der Waals surface area contributed by atoms with E-state index in [0.717, 1.165) is 50.6 Å². The maximum Gasteiger partial charge on any atom is 0.133 e. The van der Waals surface area contributed by atoms with Crippen LogP contribution in [-0.2, 0) is 11.3 Å². The van der Waals surface area contributed by atoms with Gasteiger partial charge in [-0.1, -0.05) is 13.8 Å². The molecule has 5 nitrogen and oxygen atoms in total. The Balaban J connectivity index is 1.91. The van der Waals surface area contributed by atoms with Gasteiger partial charge in [0, 0.05) is 19.7 Å². The van der Waals surface area contributed by atoms with E-state index in [0.29, 0.717) is 17.5 Å². The summed E-state index contributed by atoms with van der Waals surface area (Å²) in [5.41, 5.74) is 7.62. The number of nitriles is 1. The van der Waals surface area contributed by atoms with E-state index in [4.69, 9.17) is 10.5 Å². The molecule has 120 valence electrons. The monoisotopic (exact) mass is 302 g/mol. The summed E-state index contributed by atoms with van der Waals surface area (Å²) in [5, 5.41) is 9.45. The molecule has 0 bridgehead atoms. The Morgan fingerprint density at radius 1 is 1.36 bits per heavy atom. The summed E-state index contributed by atoms with van der Waals surface area (Å²) in [6, 6.07) is 4.11. The highest BCUT2D eigenvalue weighted by Gasteiger charge is 2.28. The van der Waals surface area contributed by atoms with Crippen molar-refractivity contribution in [1.29, 1.82) is 5.26 Å². The molecule has 0 spiro atoms. The molecule has 2 fully saturated rings. The largest absolute Gasteiger partial charge is 0.396 e. The van der Waals surface area contributed by atoms with Crippen LogP contribution in [0.1, 0.15) is 38.8 Å². The van der Waals surface area contributed by atoms with E-state index in [2.05, 4.69) is 29.4 Å². The molecule has 0 radical (unpaired) electrons. The molecule has 5 heteroatoms. The first-order valence-corrected chi connectivity index (χ1v) is 8.34. The van der Waals surface area contributed by atoms with E-state index in [9.17, 15) is 5.26 Å². The zero-order valence-corrected chi connectivity index (χ0v) is 13.6. The standard InChI is InChI=1S/C17H26N4O/c1-12-6-13(2)10-20(9-12)17-16(19)7-14(8-18)21(17)11-15-4-3-5-22-15/h7,12-13,15H,3-6,9-11,19H2,1-2H3/t12-,13-,15-/m0/s1. The number of piperidine rings is 1. The van der Waals surface area contributed by atoms with E-state index in [1.807, 2.05) is 6.07 Å². The Hall–Kier alpha value is -1.67. The minimum Gasteiger partial charge on any atom is -0.396 e. The maximum atomic E-state index is 9.45. The zero-order valence-electron chi connectivity index (χ0n) is 13.6. The quantitative estimate of drug-likeness (QED) is 0.932. The molecule has 1 aromatic heterocycles. The van der Waals surface area contributed by atoms with Gasteiger partial charge in [-0.15, -0.1) is 0 Å². The third-order valence-electron chi connectivity index (χ3n) is 4.79. The second kappa shape index (κ2) is 6.21. The van der Waals surface area contributed by atoms with Crippen molar-refractivity contribution in [2.24, 2.45) is 11.8 Å². The molecule has 0 amide bonds. The number of hydrogen-bond acceptors (Lipinski definition) is 4. The fourth-order valence-corrected chi connectivity index (χ4v) is 4.02. The van der Waals surface area contributed by atoms with Gasteiger partial charge in [0.2, 0.25) is 0 Å². The van der Waals surface area contributed by atoms with Crippen molar-refractivity contribution in [1.82, 2.24) is 4.57 Å². The van der Waals surface area contributed by atoms with Gasteiger partial charge >= 0.3 is 0 Å². The van der Waals surface area contributed by atoms with Gasteiger partial charge < -0.3 is 19.9 Å². The Bertz CT molecular complexity index is 558. The minimum absolute atomic E-state index is 0.206. The van der Waals surface area contributed by atoms with Gasteiger partial charge in [-0.3, -0.25) is 0 Å². The lowest BCUT2D eigenvalue weighted by atomic mass is 9.92. The van der Waals surface area contributed by atoms with Crippen molar-refractivity contribution < 1.29 is 4.74 Å². The van der Waals surface area contributed by atoms with Gasteiger partial charge in [0.1, 0.15) is 17.6 Å². The molecule has 2 saturated heterocycles. The first-order chi connectivity index (χ1) is 10.6. The van der Waals surface area contributed by atoms with E-state index < -0.39 is 0 Å². The fraction of sp³-hybridized carbons (Fsp3) is 0.706. The molecule has 3 heterocycles. The summed E-state index contributed by atoms with van der Waals surface area (Å²) in [7, 11) is 0. The molecule has 1 aromatic rings. The van der Waals surface area contributed by atoms with Crippen LogP contribution in [0.15, 0.2) is 6.07 Å². The van der Waals surface area contributed by atoms with Gasteiger partial charge in [0.15, 0.2) is 0 Å². The molecule has 2 aliphatic heterocycles. The van der Waals surface area contributed by atoms with Crippen molar-refractivity contribution in [2.45, 2.75) is 45.8 Å². The highest BCUT2D eigenvalue weighted by atomic mass is 16.5. The first-order valence-electron chi connectivity index (χ1n) is 8.34. The predicted molar refractivity (Wildman–Crippen MR) is 87.7 cm³/mol. The molecule has 22 heavy (non-hydrogen) atoms. The summed E-state index contributed by atoms with van der Waals surface area (Å²) in [5.74, 6) is 2.32. The topological polar surface area (TPSA) is 67.2 Å². The van der Waals surface area contributed by atoms with Crippen LogP contribution in [0.2, 0.25) is 0 Å². The SMILES string of the molecule is C[C@H]1C[C@H](C)CN(c2c(N)cc(C#N)n2C[C@@H]2CCCO2)C1. The number of hydrogen-bond donors (Lipinski definition) is 1. The lowest BCUT2D eigenvalue weighted by Gasteiger charge is -2.37. The van der Waals surface area contributed by atoms with Crippen LogP contribution in [0.25, 0.3) is 0 Å². The van der Waals surface area contributed by atoms with Gasteiger partial charge in [-0.2, -0.15) is 5.26 Å². The van der Waals surface area contributed by atoms with Crippen LogP contribution in [-0.4, -0.2) is 30.4 Å². The first kappa shape index (κ1) is 15.2. The molecule has 3 rings (SSSR count). The third kappa shape index (κ3) is 2.93. The van der Waals surface area contributed by atoms with E-state index >= 15 is 0 Å². The summed E-state index contributed by atoms with van der Waals surface area (Å²) >= 11 is 0. The molecule has 2 N–H and O–H groups in total. The normalized spacial score (nSPS) is 28.8. The molecule has 0 saturated carbocycles. The highest BCUT2D eigenvalue weighted by Crippen LogP contribution is 2.34. The predicted octanol–water partition coefficient (Wildman–Crippen LogP) is 2.60. The average molecular weight is 302 g/mol. The smallest absolute Gasteiger partial charge is 0.133 e. The molecule has 3 atom stereocenters. The number of nitrogen functional groups attached to an aromatic ring is 1. The Kier molecular flexibility index (Phi) is 4.30. The van der Waals surface area contributed by atoms with Crippen LogP contribution >= 0.6 is 0 Å². The second-order valence-electron chi connectivity index (χ2n) is 7.02. The summed E-state index contributed by atoms with van der Waals surface area (Å²) in [6.45, 7) is 8.16. The Morgan fingerprint density at radius 2 is 2.09 bits per heavy atom. The summed E-state index contributed by atoms with van der Waals surface area (Å²) in [4.78, 5) is 2.37. The summed E-state index contributed by atoms with van der Waals surface area (Å²) in [6.07, 6.45) is 3.64. The molecule has 2 aliphatic rings. The van der Waals surface area contributed by atoms with Crippen LogP contribution in [0.5, 0.6) is 0 Å². The maximum absolute atomic E-state index is 9.45. The zero-order chi connectivity index (χ0) is 15.7. The van der Waals surface area contributed by atoms with Crippen LogP contribution in [0, 0.1) is 23.2 Å². The molecule has 0 aromatic carbocycles. The number of anilines is 2. The van der Waals surface area contributed by atoms with Crippen LogP contribution < -0.4 is 10.6 Å². The molecular formula is C17H26N4O. The van der Waals surface area contributed by atoms with Crippen molar-refractivity contribution in [3.05, 3.63) is 11.8 Å². The van der Waals surface area contributed by atoms with Crippen molar-refractivity contribution in [3.8, 4) is 6.07 Å². The van der Waals surface area contributed by atoms with Crippen LogP contribution in [0.3, 0.4) is 0 Å².